The number of para-hydroxylation sites is 1. The third kappa shape index (κ3) is 6.26. The summed E-state index contributed by atoms with van der Waals surface area (Å²) in [5.74, 6) is -1.58. The highest BCUT2D eigenvalue weighted by Gasteiger charge is 2.41. The maximum absolute atomic E-state index is 15.7. The van der Waals surface area contributed by atoms with Gasteiger partial charge in [0.05, 0.1) is 12.6 Å². The van der Waals surface area contributed by atoms with Crippen LogP contribution in [0.1, 0.15) is 64.4 Å². The van der Waals surface area contributed by atoms with Crippen molar-refractivity contribution < 1.29 is 27.4 Å². The molecule has 0 saturated heterocycles. The van der Waals surface area contributed by atoms with Gasteiger partial charge in [0.2, 0.25) is 0 Å². The van der Waals surface area contributed by atoms with Gasteiger partial charge in [0.25, 0.3) is 0 Å². The van der Waals surface area contributed by atoms with Crippen molar-refractivity contribution in [3.8, 4) is 5.75 Å². The number of H-pyrrole nitrogens is 1. The van der Waals surface area contributed by atoms with E-state index in [1.165, 1.54) is 13.8 Å². The van der Waals surface area contributed by atoms with Crippen molar-refractivity contribution in [2.24, 2.45) is 0 Å². The van der Waals surface area contributed by atoms with Crippen LogP contribution in [0.3, 0.4) is 0 Å². The van der Waals surface area contributed by atoms with Crippen molar-refractivity contribution in [2.45, 2.75) is 71.3 Å². The maximum atomic E-state index is 15.7. The zero-order valence-corrected chi connectivity index (χ0v) is 22.8. The predicted molar refractivity (Wildman–Crippen MR) is 141 cm³/mol. The van der Waals surface area contributed by atoms with Gasteiger partial charge in [-0.25, -0.2) is 18.0 Å². The molecule has 1 amide bonds. The number of rotatable bonds is 7. The van der Waals surface area contributed by atoms with Gasteiger partial charge >= 0.3 is 6.09 Å². The topological polar surface area (TPSA) is 66.6 Å². The molecule has 4 rings (SSSR count). The van der Waals surface area contributed by atoms with Gasteiger partial charge in [-0.05, 0) is 59.6 Å². The highest BCUT2D eigenvalue weighted by molar-refractivity contribution is 5.85. The summed E-state index contributed by atoms with van der Waals surface area (Å²) >= 11 is 0. The number of hydrogen-bond donors (Lipinski definition) is 2. The molecule has 0 aliphatic carbocycles. The minimum absolute atomic E-state index is 0.00110. The summed E-state index contributed by atoms with van der Waals surface area (Å²) in [6, 6.07) is 8.99. The first kappa shape index (κ1) is 27.8. The highest BCUT2D eigenvalue weighted by Crippen LogP contribution is 2.43. The predicted octanol–water partition coefficient (Wildman–Crippen LogP) is 6.43. The summed E-state index contributed by atoms with van der Waals surface area (Å²) in [6.45, 7) is 10.2. The molecule has 0 unspecified atom stereocenters. The molecule has 1 aliphatic rings. The normalized spacial score (nSPS) is 18.3. The van der Waals surface area contributed by atoms with Crippen LogP contribution in [0, 0.1) is 11.6 Å². The van der Waals surface area contributed by atoms with Crippen LogP contribution in [0.5, 0.6) is 5.75 Å². The van der Waals surface area contributed by atoms with Crippen LogP contribution in [-0.2, 0) is 11.2 Å². The average Bonchev–Trinajstić information content (AvgIpc) is 3.14. The molecule has 6 nitrogen and oxygen atoms in total. The van der Waals surface area contributed by atoms with Crippen molar-refractivity contribution in [1.82, 2.24) is 15.2 Å². The molecule has 2 heterocycles. The second kappa shape index (κ2) is 10.5. The molecule has 38 heavy (non-hydrogen) atoms. The second-order valence-electron chi connectivity index (χ2n) is 11.5. The smallest absolute Gasteiger partial charge is 0.407 e. The van der Waals surface area contributed by atoms with Gasteiger partial charge in [0.1, 0.15) is 35.3 Å². The minimum atomic E-state index is -1.58. The van der Waals surface area contributed by atoms with Crippen LogP contribution in [-0.4, -0.2) is 53.0 Å². The summed E-state index contributed by atoms with van der Waals surface area (Å²) in [5.41, 5.74) is 0.148. The Morgan fingerprint density at radius 1 is 1.13 bits per heavy atom. The maximum Gasteiger partial charge on any atom is 0.407 e. The van der Waals surface area contributed by atoms with E-state index in [0.717, 1.165) is 28.6 Å². The van der Waals surface area contributed by atoms with Crippen molar-refractivity contribution in [3.63, 3.8) is 0 Å². The lowest BCUT2D eigenvalue weighted by molar-refractivity contribution is 0.0520. The SMILES string of the molecule is C[C@@H]1Cc2c([nH]c3ccccc23)[C@@H](c2c(F)cc(OCCNC(=O)OC(C)(C)C)cc2F)N1CC(C)(C)F. The number of hydrogen-bond acceptors (Lipinski definition) is 4. The number of alkyl halides is 1. The van der Waals surface area contributed by atoms with E-state index in [1.54, 1.807) is 20.8 Å². The van der Waals surface area contributed by atoms with Gasteiger partial charge in [-0.1, -0.05) is 18.2 Å². The average molecular weight is 532 g/mol. The molecule has 0 radical (unpaired) electrons. The number of aromatic amines is 1. The molecule has 0 fully saturated rings. The Balaban J connectivity index is 1.62. The Bertz CT molecular complexity index is 1290. The Morgan fingerprint density at radius 3 is 2.42 bits per heavy atom. The summed E-state index contributed by atoms with van der Waals surface area (Å²) in [5, 5.41) is 3.53. The molecule has 206 valence electrons. The Hall–Kier alpha value is -3.20. The summed E-state index contributed by atoms with van der Waals surface area (Å²) in [6.07, 6.45) is 0.0197. The Morgan fingerprint density at radius 2 is 1.79 bits per heavy atom. The van der Waals surface area contributed by atoms with E-state index in [4.69, 9.17) is 9.47 Å². The number of carbonyl (C=O) groups is 1. The Kier molecular flexibility index (Phi) is 7.70. The first-order valence-corrected chi connectivity index (χ1v) is 12.9. The first-order valence-electron chi connectivity index (χ1n) is 12.9. The van der Waals surface area contributed by atoms with Crippen LogP contribution in [0.15, 0.2) is 36.4 Å². The van der Waals surface area contributed by atoms with Crippen LogP contribution >= 0.6 is 0 Å². The number of amides is 1. The molecule has 2 aromatic carbocycles. The van der Waals surface area contributed by atoms with E-state index in [2.05, 4.69) is 10.3 Å². The van der Waals surface area contributed by atoms with Crippen molar-refractivity contribution >= 4 is 17.0 Å². The van der Waals surface area contributed by atoms with Crippen LogP contribution in [0.2, 0.25) is 0 Å². The van der Waals surface area contributed by atoms with Crippen molar-refractivity contribution in [1.29, 1.82) is 0 Å². The van der Waals surface area contributed by atoms with Crippen molar-refractivity contribution in [3.05, 3.63) is 64.9 Å². The summed E-state index contributed by atoms with van der Waals surface area (Å²) in [7, 11) is 0. The first-order chi connectivity index (χ1) is 17.7. The van der Waals surface area contributed by atoms with Crippen LogP contribution < -0.4 is 10.1 Å². The molecule has 9 heteroatoms. The van der Waals surface area contributed by atoms with Gasteiger partial charge in [0.15, 0.2) is 0 Å². The minimum Gasteiger partial charge on any atom is -0.492 e. The fraction of sp³-hybridized carbons (Fsp3) is 0.483. The Labute approximate surface area is 221 Å². The lowest BCUT2D eigenvalue weighted by atomic mass is 9.87. The molecular weight excluding hydrogens is 495 g/mol. The zero-order chi connectivity index (χ0) is 27.8. The number of nitrogens with zero attached hydrogens (tertiary/aromatic N) is 1. The van der Waals surface area contributed by atoms with E-state index >= 15 is 8.78 Å². The third-order valence-electron chi connectivity index (χ3n) is 6.44. The molecule has 0 bridgehead atoms. The number of alkyl carbamates (subject to hydrolysis) is 1. The molecular formula is C29H36F3N3O3. The number of nitrogens with one attached hydrogen (secondary N) is 2. The fourth-order valence-electron chi connectivity index (χ4n) is 5.04. The van der Waals surface area contributed by atoms with E-state index in [9.17, 15) is 9.18 Å². The fourth-order valence-corrected chi connectivity index (χ4v) is 5.04. The van der Waals surface area contributed by atoms with Crippen LogP contribution in [0.25, 0.3) is 10.9 Å². The number of fused-ring (bicyclic) bond motifs is 3. The number of ether oxygens (including phenoxy) is 2. The number of carbonyl (C=O) groups excluding carboxylic acids is 1. The molecule has 1 aromatic heterocycles. The summed E-state index contributed by atoms with van der Waals surface area (Å²) < 4.78 is 56.9. The van der Waals surface area contributed by atoms with E-state index in [0.29, 0.717) is 12.1 Å². The van der Waals surface area contributed by atoms with Gasteiger partial charge in [-0.15, -0.1) is 0 Å². The largest absolute Gasteiger partial charge is 0.492 e. The lowest BCUT2D eigenvalue weighted by Crippen LogP contribution is -2.48. The third-order valence-corrected chi connectivity index (χ3v) is 6.44. The molecule has 2 N–H and O–H groups in total. The van der Waals surface area contributed by atoms with Gasteiger partial charge in [-0.2, -0.15) is 0 Å². The molecule has 0 saturated carbocycles. The number of halogens is 3. The number of aromatic nitrogens is 1. The number of benzene rings is 2. The lowest BCUT2D eigenvalue weighted by Gasteiger charge is -2.43. The van der Waals surface area contributed by atoms with Crippen molar-refractivity contribution in [2.75, 3.05) is 19.7 Å². The van der Waals surface area contributed by atoms with E-state index < -0.39 is 35.0 Å². The highest BCUT2D eigenvalue weighted by atomic mass is 19.1. The van der Waals surface area contributed by atoms with Gasteiger partial charge in [-0.3, -0.25) is 4.90 Å². The van der Waals surface area contributed by atoms with Gasteiger partial charge < -0.3 is 19.8 Å². The summed E-state index contributed by atoms with van der Waals surface area (Å²) in [4.78, 5) is 17.0. The molecule has 2 atom stereocenters. The monoisotopic (exact) mass is 531 g/mol. The molecule has 0 spiro atoms. The standard InChI is InChI=1S/C29H36F3N3O3/c1-17-13-20-19-9-7-8-10-23(19)34-25(20)26(35(17)16-29(5,6)32)24-21(30)14-18(15-22(24)31)37-12-11-33-27(36)38-28(2,3)4/h7-10,14-15,17,26,34H,11-13,16H2,1-6H3,(H,33,36)/t17-,26-/m1/s1. The second-order valence-corrected chi connectivity index (χ2v) is 11.5. The molecule has 3 aromatic rings. The van der Waals surface area contributed by atoms with Crippen LogP contribution in [0.4, 0.5) is 18.0 Å². The quantitative estimate of drug-likeness (QED) is 0.345. The zero-order valence-electron chi connectivity index (χ0n) is 22.8. The molecule has 1 aliphatic heterocycles. The van der Waals surface area contributed by atoms with E-state index in [-0.39, 0.29) is 37.1 Å². The van der Waals surface area contributed by atoms with E-state index in [1.807, 2.05) is 36.1 Å². The van der Waals surface area contributed by atoms with Gasteiger partial charge in [0, 0.05) is 46.9 Å².